The average Bonchev–Trinajstić information content (AvgIpc) is 2.82. The molecule has 3 rings (SSSR count). The Morgan fingerprint density at radius 3 is 2.31 bits per heavy atom. The van der Waals surface area contributed by atoms with Crippen LogP contribution in [0.15, 0.2) is 63.0 Å². The summed E-state index contributed by atoms with van der Waals surface area (Å²) in [6, 6.07) is 8.25. The maximum absolute atomic E-state index is 13.5. The molecule has 2 N–H and O–H groups in total. The molecule has 0 radical (unpaired) electrons. The number of esters is 1. The minimum atomic E-state index is -4.42. The minimum absolute atomic E-state index is 0.129. The molecule has 14 heteroatoms. The first kappa shape index (κ1) is 26.3. The van der Waals surface area contributed by atoms with Gasteiger partial charge in [0.1, 0.15) is 5.82 Å². The van der Waals surface area contributed by atoms with Crippen LogP contribution in [0.3, 0.4) is 0 Å². The van der Waals surface area contributed by atoms with Gasteiger partial charge in [-0.3, -0.25) is 23.4 Å². The van der Waals surface area contributed by atoms with Gasteiger partial charge in [0.2, 0.25) is 0 Å². The molecule has 2 aromatic carbocycles. The first-order valence-electron chi connectivity index (χ1n) is 10.2. The predicted molar refractivity (Wildman–Crippen MR) is 124 cm³/mol. The van der Waals surface area contributed by atoms with Gasteiger partial charge in [0, 0.05) is 20.2 Å². The van der Waals surface area contributed by atoms with Crippen LogP contribution in [-0.2, 0) is 33.7 Å². The highest BCUT2D eigenvalue weighted by Crippen LogP contribution is 2.22. The van der Waals surface area contributed by atoms with Crippen molar-refractivity contribution in [1.82, 2.24) is 9.13 Å². The van der Waals surface area contributed by atoms with Crippen molar-refractivity contribution in [2.24, 2.45) is 14.1 Å². The van der Waals surface area contributed by atoms with Crippen LogP contribution < -0.4 is 21.3 Å². The van der Waals surface area contributed by atoms with Crippen LogP contribution in [0.5, 0.6) is 0 Å². The molecule has 0 saturated heterocycles. The van der Waals surface area contributed by atoms with E-state index in [2.05, 4.69) is 10.0 Å². The van der Waals surface area contributed by atoms with E-state index in [-0.39, 0.29) is 17.1 Å². The van der Waals surface area contributed by atoms with Gasteiger partial charge in [-0.25, -0.2) is 26.8 Å². The molecule has 0 spiro atoms. The van der Waals surface area contributed by atoms with Crippen molar-refractivity contribution in [3.8, 4) is 0 Å². The first-order valence-corrected chi connectivity index (χ1v) is 11.7. The number of aromatic nitrogens is 2. The lowest BCUT2D eigenvalue weighted by Crippen LogP contribution is -2.39. The molecule has 1 atom stereocenters. The first-order chi connectivity index (χ1) is 16.8. The van der Waals surface area contributed by atoms with E-state index in [1.54, 1.807) is 0 Å². The maximum Gasteiger partial charge on any atom is 0.341 e. The zero-order valence-corrected chi connectivity index (χ0v) is 19.9. The fourth-order valence-corrected chi connectivity index (χ4v) is 4.05. The quantitative estimate of drug-likeness (QED) is 0.446. The van der Waals surface area contributed by atoms with E-state index in [1.807, 2.05) is 0 Å². The smallest absolute Gasteiger partial charge is 0.341 e. The van der Waals surface area contributed by atoms with Gasteiger partial charge in [-0.2, -0.15) is 0 Å². The number of hydrogen-bond donors (Lipinski definition) is 2. The van der Waals surface area contributed by atoms with Crippen molar-refractivity contribution in [2.75, 3.05) is 10.0 Å². The topological polar surface area (TPSA) is 146 Å². The standard InChI is InChI=1S/C22H20F2N4O7S/c1-12(20(30)25-18-11-19(29)28(3)22(32)27(18)2)35-21(31)14-6-4-5-7-17(14)26-36(33,34)13-8-9-15(23)16(24)10-13/h4-12,26H,1-3H3,(H,25,30). The second kappa shape index (κ2) is 10.1. The summed E-state index contributed by atoms with van der Waals surface area (Å²) in [5.41, 5.74) is -1.87. The third kappa shape index (κ3) is 5.49. The number of para-hydroxylation sites is 1. The highest BCUT2D eigenvalue weighted by Gasteiger charge is 2.24. The van der Waals surface area contributed by atoms with Crippen LogP contribution in [0.4, 0.5) is 20.3 Å². The Hall–Kier alpha value is -4.33. The maximum atomic E-state index is 13.5. The van der Waals surface area contributed by atoms with E-state index in [9.17, 15) is 36.4 Å². The number of nitrogens with one attached hydrogen (secondary N) is 2. The number of sulfonamides is 1. The second-order valence-electron chi connectivity index (χ2n) is 7.53. The van der Waals surface area contributed by atoms with Gasteiger partial charge in [-0.05, 0) is 37.3 Å². The zero-order chi connectivity index (χ0) is 26.8. The van der Waals surface area contributed by atoms with E-state index < -0.39 is 55.8 Å². The number of hydrogen-bond acceptors (Lipinski definition) is 7. The number of carbonyl (C=O) groups is 2. The summed E-state index contributed by atoms with van der Waals surface area (Å²) >= 11 is 0. The van der Waals surface area contributed by atoms with Crippen molar-refractivity contribution < 1.29 is 31.5 Å². The summed E-state index contributed by atoms with van der Waals surface area (Å²) in [5, 5.41) is 2.32. The molecule has 0 fully saturated rings. The van der Waals surface area contributed by atoms with Crippen LogP contribution in [0.25, 0.3) is 0 Å². The van der Waals surface area contributed by atoms with E-state index in [0.29, 0.717) is 12.1 Å². The average molecular weight is 522 g/mol. The van der Waals surface area contributed by atoms with Crippen molar-refractivity contribution >= 4 is 33.4 Å². The van der Waals surface area contributed by atoms with Crippen molar-refractivity contribution in [1.29, 1.82) is 0 Å². The molecule has 11 nitrogen and oxygen atoms in total. The van der Waals surface area contributed by atoms with Crippen LogP contribution in [0.1, 0.15) is 17.3 Å². The summed E-state index contributed by atoms with van der Waals surface area (Å²) in [7, 11) is -1.83. The van der Waals surface area contributed by atoms with E-state index in [1.165, 1.54) is 45.3 Å². The predicted octanol–water partition coefficient (Wildman–Crippen LogP) is 1.35. The third-order valence-corrected chi connectivity index (χ3v) is 6.39. The van der Waals surface area contributed by atoms with Crippen LogP contribution in [0.2, 0.25) is 0 Å². The van der Waals surface area contributed by atoms with Gasteiger partial charge >= 0.3 is 11.7 Å². The number of benzene rings is 2. The number of halogens is 2. The number of amides is 1. The Morgan fingerprint density at radius 2 is 1.64 bits per heavy atom. The number of anilines is 2. The number of carbonyl (C=O) groups excluding carboxylic acids is 2. The summed E-state index contributed by atoms with van der Waals surface area (Å²) < 4.78 is 61.0. The van der Waals surface area contributed by atoms with Crippen LogP contribution in [-0.4, -0.2) is 35.5 Å². The van der Waals surface area contributed by atoms with Crippen molar-refractivity contribution in [2.45, 2.75) is 17.9 Å². The van der Waals surface area contributed by atoms with E-state index in [4.69, 9.17) is 4.74 Å². The molecule has 3 aromatic rings. The summed E-state index contributed by atoms with van der Waals surface area (Å²) in [5.74, 6) is -4.69. The van der Waals surface area contributed by atoms with Gasteiger partial charge in [0.25, 0.3) is 21.5 Å². The fraction of sp³-hybridized carbons (Fsp3) is 0.182. The highest BCUT2D eigenvalue weighted by atomic mass is 32.2. The Morgan fingerprint density at radius 1 is 0.972 bits per heavy atom. The lowest BCUT2D eigenvalue weighted by atomic mass is 10.2. The normalized spacial score (nSPS) is 12.0. The van der Waals surface area contributed by atoms with Gasteiger partial charge < -0.3 is 10.1 Å². The Balaban J connectivity index is 1.79. The molecule has 190 valence electrons. The minimum Gasteiger partial charge on any atom is -0.449 e. The number of rotatable bonds is 7. The van der Waals surface area contributed by atoms with Crippen LogP contribution in [0, 0.1) is 11.6 Å². The van der Waals surface area contributed by atoms with E-state index >= 15 is 0 Å². The van der Waals surface area contributed by atoms with E-state index in [0.717, 1.165) is 21.3 Å². The highest BCUT2D eigenvalue weighted by molar-refractivity contribution is 7.92. The van der Waals surface area contributed by atoms with Gasteiger partial charge in [-0.1, -0.05) is 12.1 Å². The Bertz CT molecular complexity index is 1580. The van der Waals surface area contributed by atoms with Gasteiger partial charge in [0.05, 0.1) is 16.1 Å². The van der Waals surface area contributed by atoms with Gasteiger partial charge in [-0.15, -0.1) is 0 Å². The van der Waals surface area contributed by atoms with Gasteiger partial charge in [0.15, 0.2) is 17.7 Å². The second-order valence-corrected chi connectivity index (χ2v) is 9.21. The third-order valence-electron chi connectivity index (χ3n) is 5.02. The summed E-state index contributed by atoms with van der Waals surface area (Å²) in [4.78, 5) is 48.5. The molecule has 0 bridgehead atoms. The summed E-state index contributed by atoms with van der Waals surface area (Å²) in [6.45, 7) is 1.22. The molecular formula is C22H20F2N4O7S. The molecule has 1 amide bonds. The largest absolute Gasteiger partial charge is 0.449 e. The van der Waals surface area contributed by atoms with Crippen LogP contribution >= 0.6 is 0 Å². The molecule has 36 heavy (non-hydrogen) atoms. The Labute approximate surface area is 203 Å². The lowest BCUT2D eigenvalue weighted by Gasteiger charge is -2.17. The molecule has 0 aliphatic heterocycles. The Kier molecular flexibility index (Phi) is 7.38. The van der Waals surface area contributed by atoms with Crippen molar-refractivity contribution in [3.63, 3.8) is 0 Å². The molecule has 1 unspecified atom stereocenters. The fourth-order valence-electron chi connectivity index (χ4n) is 2.96. The molecular weight excluding hydrogens is 502 g/mol. The SMILES string of the molecule is CC(OC(=O)c1ccccc1NS(=O)(=O)c1ccc(F)c(F)c1)C(=O)Nc1cc(=O)n(C)c(=O)n1C. The van der Waals surface area contributed by atoms with Crippen molar-refractivity contribution in [3.05, 3.63) is 86.6 Å². The monoisotopic (exact) mass is 522 g/mol. The lowest BCUT2D eigenvalue weighted by molar-refractivity contribution is -0.123. The summed E-state index contributed by atoms with van der Waals surface area (Å²) in [6.07, 6.45) is -1.42. The molecule has 1 heterocycles. The number of ether oxygens (including phenoxy) is 1. The zero-order valence-electron chi connectivity index (χ0n) is 19.1. The molecule has 0 aliphatic rings. The molecule has 0 saturated carbocycles. The molecule has 1 aromatic heterocycles. The molecule has 0 aliphatic carbocycles. The number of nitrogens with zero attached hydrogens (tertiary/aromatic N) is 2.